The van der Waals surface area contributed by atoms with E-state index in [4.69, 9.17) is 4.74 Å². The standard InChI is InChI=1S/C12H21NO/c1-3-10-4-2-9(1)5-11(10)8-14-12-6-13-7-12/h9-13H,1-8H2. The van der Waals surface area contributed by atoms with Crippen LogP contribution in [0.4, 0.5) is 0 Å². The summed E-state index contributed by atoms with van der Waals surface area (Å²) in [6.45, 7) is 3.22. The van der Waals surface area contributed by atoms with Crippen LogP contribution < -0.4 is 5.32 Å². The topological polar surface area (TPSA) is 21.3 Å². The molecule has 14 heavy (non-hydrogen) atoms. The molecule has 4 rings (SSSR count). The molecule has 1 N–H and O–H groups in total. The smallest absolute Gasteiger partial charge is 0.0823 e. The van der Waals surface area contributed by atoms with Gasteiger partial charge in [0.25, 0.3) is 0 Å². The predicted octanol–water partition coefficient (Wildman–Crippen LogP) is 1.80. The summed E-state index contributed by atoms with van der Waals surface area (Å²) in [5, 5.41) is 3.26. The average molecular weight is 195 g/mol. The van der Waals surface area contributed by atoms with Gasteiger partial charge >= 0.3 is 0 Å². The van der Waals surface area contributed by atoms with Gasteiger partial charge in [-0.1, -0.05) is 12.8 Å². The molecule has 2 bridgehead atoms. The number of fused-ring (bicyclic) bond motifs is 3. The van der Waals surface area contributed by atoms with Crippen molar-refractivity contribution in [2.24, 2.45) is 17.8 Å². The number of rotatable bonds is 3. The Morgan fingerprint density at radius 1 is 1.07 bits per heavy atom. The molecule has 0 spiro atoms. The van der Waals surface area contributed by atoms with E-state index in [1.165, 1.54) is 32.1 Å². The molecule has 0 aromatic rings. The van der Waals surface area contributed by atoms with Gasteiger partial charge in [-0.3, -0.25) is 0 Å². The Hall–Kier alpha value is -0.0800. The van der Waals surface area contributed by atoms with Crippen molar-refractivity contribution >= 4 is 0 Å². The van der Waals surface area contributed by atoms with Crippen molar-refractivity contribution in [3.63, 3.8) is 0 Å². The van der Waals surface area contributed by atoms with Gasteiger partial charge in [-0.15, -0.1) is 0 Å². The molecule has 4 aliphatic rings. The number of ether oxygens (including phenoxy) is 1. The summed E-state index contributed by atoms with van der Waals surface area (Å²) < 4.78 is 5.91. The molecule has 1 atom stereocenters. The SMILES string of the molecule is C1CC2CCC1CC2COC1CNC1. The molecule has 0 aromatic carbocycles. The number of hydrogen-bond acceptors (Lipinski definition) is 2. The Morgan fingerprint density at radius 3 is 2.36 bits per heavy atom. The van der Waals surface area contributed by atoms with Gasteiger partial charge in [-0.2, -0.15) is 0 Å². The first kappa shape index (κ1) is 9.17. The fraction of sp³-hybridized carbons (Fsp3) is 1.00. The molecule has 2 nitrogen and oxygen atoms in total. The summed E-state index contributed by atoms with van der Waals surface area (Å²) in [6, 6.07) is 0. The normalized spacial score (nSPS) is 42.4. The number of nitrogens with one attached hydrogen (secondary N) is 1. The molecule has 1 unspecified atom stereocenters. The number of hydrogen-bond donors (Lipinski definition) is 1. The van der Waals surface area contributed by atoms with Gasteiger partial charge in [-0.05, 0) is 37.0 Å². The van der Waals surface area contributed by atoms with Gasteiger partial charge in [0.15, 0.2) is 0 Å². The van der Waals surface area contributed by atoms with Gasteiger partial charge < -0.3 is 10.1 Å². The zero-order valence-corrected chi connectivity index (χ0v) is 8.87. The highest BCUT2D eigenvalue weighted by Gasteiger charge is 2.36. The molecule has 2 heteroatoms. The summed E-state index contributed by atoms with van der Waals surface area (Å²) in [6.07, 6.45) is 7.99. The lowest BCUT2D eigenvalue weighted by molar-refractivity contribution is -0.0390. The monoisotopic (exact) mass is 195 g/mol. The van der Waals surface area contributed by atoms with E-state index < -0.39 is 0 Å². The van der Waals surface area contributed by atoms with E-state index in [0.29, 0.717) is 6.10 Å². The second kappa shape index (κ2) is 3.82. The van der Waals surface area contributed by atoms with Crippen molar-refractivity contribution in [2.45, 2.75) is 38.2 Å². The average Bonchev–Trinajstić information content (AvgIpc) is 2.17. The van der Waals surface area contributed by atoms with Gasteiger partial charge in [0.1, 0.15) is 0 Å². The third-order valence-electron chi connectivity index (χ3n) is 4.48. The zero-order chi connectivity index (χ0) is 9.38. The molecule has 3 saturated carbocycles. The van der Waals surface area contributed by atoms with Crippen molar-refractivity contribution in [1.29, 1.82) is 0 Å². The Balaban J connectivity index is 1.47. The van der Waals surface area contributed by atoms with Crippen molar-refractivity contribution < 1.29 is 4.74 Å². The van der Waals surface area contributed by atoms with E-state index in [0.717, 1.165) is 37.5 Å². The summed E-state index contributed by atoms with van der Waals surface area (Å²) in [5.41, 5.74) is 0. The van der Waals surface area contributed by atoms with Gasteiger partial charge in [0.2, 0.25) is 0 Å². The van der Waals surface area contributed by atoms with Crippen molar-refractivity contribution in [3.05, 3.63) is 0 Å². The van der Waals surface area contributed by atoms with Crippen LogP contribution in [0.1, 0.15) is 32.1 Å². The molecule has 3 aliphatic carbocycles. The molecule has 1 heterocycles. The summed E-state index contributed by atoms with van der Waals surface area (Å²) >= 11 is 0. The molecule has 1 saturated heterocycles. The largest absolute Gasteiger partial charge is 0.375 e. The molecule has 0 radical (unpaired) electrons. The lowest BCUT2D eigenvalue weighted by atomic mass is 9.65. The van der Waals surface area contributed by atoms with Crippen molar-refractivity contribution in [3.8, 4) is 0 Å². The minimum absolute atomic E-state index is 0.537. The molecule has 1 aliphatic heterocycles. The van der Waals surface area contributed by atoms with Crippen molar-refractivity contribution in [2.75, 3.05) is 19.7 Å². The highest BCUT2D eigenvalue weighted by atomic mass is 16.5. The maximum Gasteiger partial charge on any atom is 0.0823 e. The maximum absolute atomic E-state index is 5.91. The third kappa shape index (κ3) is 1.70. The first-order valence-electron chi connectivity index (χ1n) is 6.24. The van der Waals surface area contributed by atoms with Crippen LogP contribution in [0.2, 0.25) is 0 Å². The third-order valence-corrected chi connectivity index (χ3v) is 4.48. The first-order valence-corrected chi connectivity index (χ1v) is 6.24. The van der Waals surface area contributed by atoms with Crippen LogP contribution >= 0.6 is 0 Å². The second-order valence-electron chi connectivity index (χ2n) is 5.39. The Bertz CT molecular complexity index is 194. The molecule has 0 amide bonds. The Labute approximate surface area is 86.4 Å². The van der Waals surface area contributed by atoms with E-state index in [-0.39, 0.29) is 0 Å². The van der Waals surface area contributed by atoms with E-state index in [1.54, 1.807) is 0 Å². The molecular formula is C12H21NO. The quantitative estimate of drug-likeness (QED) is 0.741. The van der Waals surface area contributed by atoms with E-state index in [2.05, 4.69) is 5.32 Å². The highest BCUT2D eigenvalue weighted by molar-refractivity contribution is 4.86. The minimum Gasteiger partial charge on any atom is -0.375 e. The molecule has 4 fully saturated rings. The lowest BCUT2D eigenvalue weighted by Gasteiger charge is -2.43. The van der Waals surface area contributed by atoms with Crippen LogP contribution in [0.15, 0.2) is 0 Å². The molecule has 0 aromatic heterocycles. The van der Waals surface area contributed by atoms with Gasteiger partial charge in [0.05, 0.1) is 12.7 Å². The van der Waals surface area contributed by atoms with Crippen LogP contribution in [0.3, 0.4) is 0 Å². The first-order chi connectivity index (χ1) is 6.92. The van der Waals surface area contributed by atoms with Crippen molar-refractivity contribution in [1.82, 2.24) is 5.32 Å². The predicted molar refractivity (Wildman–Crippen MR) is 56.2 cm³/mol. The second-order valence-corrected chi connectivity index (χ2v) is 5.39. The Kier molecular flexibility index (Phi) is 2.50. The minimum atomic E-state index is 0.537. The molecular weight excluding hydrogens is 174 g/mol. The lowest BCUT2D eigenvalue weighted by Crippen LogP contribution is -2.49. The van der Waals surface area contributed by atoms with Gasteiger partial charge in [-0.25, -0.2) is 0 Å². The van der Waals surface area contributed by atoms with Gasteiger partial charge in [0, 0.05) is 13.1 Å². The summed E-state index contributed by atoms with van der Waals surface area (Å²) in [4.78, 5) is 0. The fourth-order valence-electron chi connectivity index (χ4n) is 3.36. The van der Waals surface area contributed by atoms with E-state index >= 15 is 0 Å². The van der Waals surface area contributed by atoms with Crippen LogP contribution in [0, 0.1) is 17.8 Å². The van der Waals surface area contributed by atoms with E-state index in [1.807, 2.05) is 0 Å². The maximum atomic E-state index is 5.91. The summed E-state index contributed by atoms with van der Waals surface area (Å²) in [5.74, 6) is 2.96. The molecule has 80 valence electrons. The van der Waals surface area contributed by atoms with Crippen LogP contribution in [0.25, 0.3) is 0 Å². The van der Waals surface area contributed by atoms with Crippen LogP contribution in [-0.4, -0.2) is 25.8 Å². The Morgan fingerprint density at radius 2 is 1.86 bits per heavy atom. The summed E-state index contributed by atoms with van der Waals surface area (Å²) in [7, 11) is 0. The highest BCUT2D eigenvalue weighted by Crippen LogP contribution is 2.45. The van der Waals surface area contributed by atoms with E-state index in [9.17, 15) is 0 Å². The van der Waals surface area contributed by atoms with Crippen LogP contribution in [0.5, 0.6) is 0 Å². The fourth-order valence-corrected chi connectivity index (χ4v) is 3.36. The zero-order valence-electron chi connectivity index (χ0n) is 8.87. The van der Waals surface area contributed by atoms with Crippen LogP contribution in [-0.2, 0) is 4.74 Å².